The molecule has 2 unspecified atom stereocenters. The van der Waals surface area contributed by atoms with Crippen molar-refractivity contribution >= 4 is 50.2 Å². The number of halogens is 2. The van der Waals surface area contributed by atoms with Gasteiger partial charge in [-0.1, -0.05) is 83.9 Å². The first kappa shape index (κ1) is 24.3. The maximum Gasteiger partial charge on any atom is 0.202 e. The summed E-state index contributed by atoms with van der Waals surface area (Å²) in [4.78, 5) is 14.0. The second-order valence-electron chi connectivity index (χ2n) is 8.27. The Morgan fingerprint density at radius 1 is 0.722 bits per heavy atom. The van der Waals surface area contributed by atoms with Crippen LogP contribution in [0.1, 0.15) is 15.9 Å². The quantitative estimate of drug-likeness (QED) is 0.264. The highest BCUT2D eigenvalue weighted by Crippen LogP contribution is 2.38. The van der Waals surface area contributed by atoms with Gasteiger partial charge in [0, 0.05) is 15.6 Å². The fraction of sp³-hybridized carbons (Fsp3) is 0.0714. The van der Waals surface area contributed by atoms with Gasteiger partial charge in [-0.05, 0) is 54.1 Å². The van der Waals surface area contributed by atoms with Crippen molar-refractivity contribution in [3.05, 3.63) is 130 Å². The zero-order valence-corrected chi connectivity index (χ0v) is 21.2. The van der Waals surface area contributed by atoms with Crippen LogP contribution in [0.15, 0.2) is 119 Å². The summed E-state index contributed by atoms with van der Waals surface area (Å²) < 4.78 is 28.4. The van der Waals surface area contributed by atoms with Gasteiger partial charge >= 0.3 is 0 Å². The van der Waals surface area contributed by atoms with Crippen LogP contribution in [0.2, 0.25) is 10.0 Å². The third-order valence-corrected chi connectivity index (χ3v) is 8.54. The fourth-order valence-corrected chi connectivity index (χ4v) is 6.35. The van der Waals surface area contributed by atoms with E-state index in [2.05, 4.69) is 0 Å². The highest BCUT2D eigenvalue weighted by molar-refractivity contribution is 7.92. The average Bonchev–Trinajstić information content (AvgIpc) is 3.31. The Hall–Kier alpha value is -3.45. The van der Waals surface area contributed by atoms with Gasteiger partial charge in [0.15, 0.2) is 11.2 Å². The molecular formula is C28H20Cl2N2O3S. The van der Waals surface area contributed by atoms with Gasteiger partial charge in [-0.15, -0.1) is 0 Å². The lowest BCUT2D eigenvalue weighted by atomic mass is 9.89. The highest BCUT2D eigenvalue weighted by Gasteiger charge is 2.50. The summed E-state index contributed by atoms with van der Waals surface area (Å²) in [5, 5.41) is 5.80. The number of rotatable bonds is 6. The summed E-state index contributed by atoms with van der Waals surface area (Å²) in [7, 11) is -4.10. The number of Topliss-reactive ketones (excluding diaryl/α,β-unsaturated/α-hetero) is 1. The van der Waals surface area contributed by atoms with E-state index in [0.29, 0.717) is 32.6 Å². The first-order valence-corrected chi connectivity index (χ1v) is 13.4. The van der Waals surface area contributed by atoms with Crippen molar-refractivity contribution in [3.8, 4) is 0 Å². The predicted octanol–water partition coefficient (Wildman–Crippen LogP) is 6.52. The summed E-state index contributed by atoms with van der Waals surface area (Å²) in [5.41, 5.74) is 1.92. The molecule has 1 aliphatic heterocycles. The standard InChI is InChI=1S/C28H20Cl2N2O3S/c29-21-13-11-19(12-14-21)26-25(27(33)20-7-3-1-4-8-20)28(32(31-26)23-9-5-2-6-10-23)36(34,35)24-17-15-22(30)16-18-24/h1-18,25,28H. The van der Waals surface area contributed by atoms with Crippen LogP contribution >= 0.6 is 23.2 Å². The molecule has 36 heavy (non-hydrogen) atoms. The molecule has 0 saturated heterocycles. The molecule has 0 aliphatic carbocycles. The Balaban J connectivity index is 1.74. The van der Waals surface area contributed by atoms with E-state index in [0.717, 1.165) is 0 Å². The van der Waals surface area contributed by atoms with E-state index in [1.807, 2.05) is 6.07 Å². The second-order valence-corrected chi connectivity index (χ2v) is 11.2. The first-order valence-electron chi connectivity index (χ1n) is 11.1. The number of hydrogen-bond donors (Lipinski definition) is 0. The molecule has 0 fully saturated rings. The topological polar surface area (TPSA) is 66.8 Å². The summed E-state index contributed by atoms with van der Waals surface area (Å²) in [6, 6.07) is 30.4. The van der Waals surface area contributed by atoms with Gasteiger partial charge < -0.3 is 0 Å². The summed E-state index contributed by atoms with van der Waals surface area (Å²) in [6.45, 7) is 0. The summed E-state index contributed by atoms with van der Waals surface area (Å²) >= 11 is 12.1. The molecule has 4 aromatic carbocycles. The molecule has 0 radical (unpaired) electrons. The smallest absolute Gasteiger partial charge is 0.202 e. The molecule has 1 aliphatic rings. The Labute approximate surface area is 219 Å². The zero-order valence-electron chi connectivity index (χ0n) is 18.8. The molecular weight excluding hydrogens is 515 g/mol. The Morgan fingerprint density at radius 3 is 1.83 bits per heavy atom. The highest BCUT2D eigenvalue weighted by atomic mass is 35.5. The summed E-state index contributed by atoms with van der Waals surface area (Å²) in [5.74, 6) is -1.44. The maximum absolute atomic E-state index is 14.2. The van der Waals surface area contributed by atoms with Gasteiger partial charge in [-0.2, -0.15) is 5.10 Å². The van der Waals surface area contributed by atoms with Crippen LogP contribution < -0.4 is 5.01 Å². The molecule has 0 aromatic heterocycles. The first-order chi connectivity index (χ1) is 17.4. The van der Waals surface area contributed by atoms with Crippen LogP contribution in [-0.2, 0) is 9.84 Å². The van der Waals surface area contributed by atoms with E-state index < -0.39 is 21.1 Å². The largest absolute Gasteiger partial charge is 0.293 e. The van der Waals surface area contributed by atoms with Gasteiger partial charge in [0.1, 0.15) is 5.92 Å². The number of hydrazone groups is 1. The van der Waals surface area contributed by atoms with Gasteiger partial charge in [0.25, 0.3) is 0 Å². The fourth-order valence-electron chi connectivity index (χ4n) is 4.26. The van der Waals surface area contributed by atoms with Crippen molar-refractivity contribution in [1.29, 1.82) is 0 Å². The van der Waals surface area contributed by atoms with Crippen LogP contribution in [-0.4, -0.2) is 25.3 Å². The minimum atomic E-state index is -4.10. The predicted molar refractivity (Wildman–Crippen MR) is 144 cm³/mol. The van der Waals surface area contributed by atoms with Crippen molar-refractivity contribution < 1.29 is 13.2 Å². The molecule has 180 valence electrons. The lowest BCUT2D eigenvalue weighted by molar-refractivity contribution is 0.0954. The molecule has 8 heteroatoms. The number of carbonyl (C=O) groups is 1. The number of anilines is 1. The Bertz CT molecular complexity index is 1520. The van der Waals surface area contributed by atoms with Crippen LogP contribution in [0.3, 0.4) is 0 Å². The molecule has 0 saturated carbocycles. The van der Waals surface area contributed by atoms with Crippen molar-refractivity contribution in [2.24, 2.45) is 11.0 Å². The van der Waals surface area contributed by atoms with E-state index in [1.54, 1.807) is 78.9 Å². The van der Waals surface area contributed by atoms with E-state index in [-0.39, 0.29) is 10.7 Å². The molecule has 0 N–H and O–H groups in total. The van der Waals surface area contributed by atoms with E-state index in [9.17, 15) is 13.2 Å². The van der Waals surface area contributed by atoms with Gasteiger partial charge in [-0.3, -0.25) is 4.79 Å². The molecule has 2 atom stereocenters. The normalized spacial score (nSPS) is 17.6. The minimum Gasteiger partial charge on any atom is -0.293 e. The Kier molecular flexibility index (Phi) is 6.67. The van der Waals surface area contributed by atoms with Crippen LogP contribution in [0, 0.1) is 5.92 Å². The molecule has 1 heterocycles. The Morgan fingerprint density at radius 2 is 1.25 bits per heavy atom. The van der Waals surface area contributed by atoms with E-state index in [1.165, 1.54) is 29.3 Å². The number of sulfone groups is 1. The molecule has 4 aromatic rings. The minimum absolute atomic E-state index is 0.0521. The van der Waals surface area contributed by atoms with E-state index in [4.69, 9.17) is 28.3 Å². The lowest BCUT2D eigenvalue weighted by Gasteiger charge is -2.27. The van der Waals surface area contributed by atoms with E-state index >= 15 is 0 Å². The monoisotopic (exact) mass is 534 g/mol. The molecule has 5 rings (SSSR count). The number of para-hydroxylation sites is 1. The summed E-state index contributed by atoms with van der Waals surface area (Å²) in [6.07, 6.45) is 0. The average molecular weight is 535 g/mol. The SMILES string of the molecule is O=C(c1ccccc1)C1C(c2ccc(Cl)cc2)=NN(c2ccccc2)C1S(=O)(=O)c1ccc(Cl)cc1. The second kappa shape index (κ2) is 9.90. The van der Waals surface area contributed by atoms with Crippen molar-refractivity contribution in [2.75, 3.05) is 5.01 Å². The van der Waals surface area contributed by atoms with Crippen molar-refractivity contribution in [1.82, 2.24) is 0 Å². The van der Waals surface area contributed by atoms with Crippen LogP contribution in [0.5, 0.6) is 0 Å². The third-order valence-electron chi connectivity index (χ3n) is 6.00. The third kappa shape index (κ3) is 4.55. The number of carbonyl (C=O) groups excluding carboxylic acids is 1. The molecule has 5 nitrogen and oxygen atoms in total. The molecule has 0 spiro atoms. The molecule has 0 amide bonds. The zero-order chi connectivity index (χ0) is 25.3. The van der Waals surface area contributed by atoms with Gasteiger partial charge in [-0.25, -0.2) is 13.4 Å². The van der Waals surface area contributed by atoms with Gasteiger partial charge in [0.05, 0.1) is 16.3 Å². The van der Waals surface area contributed by atoms with Crippen molar-refractivity contribution in [3.63, 3.8) is 0 Å². The van der Waals surface area contributed by atoms with Crippen LogP contribution in [0.25, 0.3) is 0 Å². The van der Waals surface area contributed by atoms with Crippen molar-refractivity contribution in [2.45, 2.75) is 10.3 Å². The molecule has 0 bridgehead atoms. The van der Waals surface area contributed by atoms with Crippen LogP contribution in [0.4, 0.5) is 5.69 Å². The number of hydrogen-bond acceptors (Lipinski definition) is 5. The van der Waals surface area contributed by atoms with Gasteiger partial charge in [0.2, 0.25) is 9.84 Å². The number of ketones is 1. The number of benzene rings is 4. The lowest BCUT2D eigenvalue weighted by Crippen LogP contribution is -2.44. The maximum atomic E-state index is 14.2. The number of nitrogens with zero attached hydrogens (tertiary/aromatic N) is 2.